The molecule has 0 spiro atoms. The van der Waals surface area contributed by atoms with Crippen LogP contribution in [0.25, 0.3) is 0 Å². The van der Waals surface area contributed by atoms with Crippen LogP contribution in [0.15, 0.2) is 0 Å². The van der Waals surface area contributed by atoms with Gasteiger partial charge in [0.25, 0.3) is 10.2 Å². The Bertz CT molecular complexity index is 397. The van der Waals surface area contributed by atoms with Crippen LogP contribution in [0, 0.1) is 11.8 Å². The van der Waals surface area contributed by atoms with E-state index in [9.17, 15) is 13.2 Å². The Morgan fingerprint density at radius 1 is 1.42 bits per heavy atom. The Labute approximate surface area is 115 Å². The molecule has 0 bridgehead atoms. The molecule has 0 saturated heterocycles. The van der Waals surface area contributed by atoms with Crippen molar-refractivity contribution in [3.63, 3.8) is 0 Å². The number of carbonyl (C=O) groups is 1. The number of carbonyl (C=O) groups excluding carboxylic acids is 1. The van der Waals surface area contributed by atoms with Gasteiger partial charge in [-0.2, -0.15) is 12.7 Å². The molecule has 0 aromatic rings. The minimum absolute atomic E-state index is 0.0632. The van der Waals surface area contributed by atoms with Crippen molar-refractivity contribution in [1.82, 2.24) is 9.03 Å². The Morgan fingerprint density at radius 2 is 2.11 bits per heavy atom. The molecule has 1 aliphatic rings. The molecular formula is C12H24N2O4S. The van der Waals surface area contributed by atoms with E-state index in [4.69, 9.17) is 0 Å². The van der Waals surface area contributed by atoms with E-state index < -0.39 is 16.2 Å². The van der Waals surface area contributed by atoms with Crippen LogP contribution < -0.4 is 4.72 Å². The zero-order valence-corrected chi connectivity index (χ0v) is 12.7. The van der Waals surface area contributed by atoms with Gasteiger partial charge in [0.2, 0.25) is 0 Å². The quantitative estimate of drug-likeness (QED) is 0.703. The highest BCUT2D eigenvalue weighted by Crippen LogP contribution is 2.30. The summed E-state index contributed by atoms with van der Waals surface area (Å²) in [6, 6.07) is 0. The van der Waals surface area contributed by atoms with Gasteiger partial charge in [-0.3, -0.25) is 4.79 Å². The summed E-state index contributed by atoms with van der Waals surface area (Å²) >= 11 is 0. The van der Waals surface area contributed by atoms with Crippen LogP contribution >= 0.6 is 0 Å². The SMILES string of the molecule is COC(=O)CCN(C)S(=O)(=O)NCC1CCCC1C. The number of hydrogen-bond acceptors (Lipinski definition) is 4. The van der Waals surface area contributed by atoms with Crippen LogP contribution in [-0.4, -0.2) is 45.9 Å². The van der Waals surface area contributed by atoms with Gasteiger partial charge in [0, 0.05) is 20.1 Å². The van der Waals surface area contributed by atoms with Crippen LogP contribution in [0.4, 0.5) is 0 Å². The molecule has 2 atom stereocenters. The maximum atomic E-state index is 12.0. The molecule has 19 heavy (non-hydrogen) atoms. The van der Waals surface area contributed by atoms with Crippen LogP contribution in [0.3, 0.4) is 0 Å². The molecule has 0 aromatic heterocycles. The third-order valence-electron chi connectivity index (χ3n) is 3.84. The van der Waals surface area contributed by atoms with Gasteiger partial charge in [0.1, 0.15) is 0 Å². The summed E-state index contributed by atoms with van der Waals surface area (Å²) in [6.07, 6.45) is 3.49. The molecule has 7 heteroatoms. The van der Waals surface area contributed by atoms with Gasteiger partial charge in [0.05, 0.1) is 13.5 Å². The summed E-state index contributed by atoms with van der Waals surface area (Å²) in [5.74, 6) is 0.582. The first-order valence-corrected chi connectivity index (χ1v) is 8.08. The van der Waals surface area contributed by atoms with Crippen molar-refractivity contribution in [2.45, 2.75) is 32.6 Å². The van der Waals surface area contributed by atoms with Gasteiger partial charge in [-0.25, -0.2) is 4.72 Å². The lowest BCUT2D eigenvalue weighted by Gasteiger charge is -2.20. The maximum Gasteiger partial charge on any atom is 0.306 e. The van der Waals surface area contributed by atoms with Crippen molar-refractivity contribution in [3.05, 3.63) is 0 Å². The zero-order valence-electron chi connectivity index (χ0n) is 11.9. The summed E-state index contributed by atoms with van der Waals surface area (Å²) < 4.78 is 32.2. The molecule has 112 valence electrons. The molecule has 1 N–H and O–H groups in total. The number of rotatable bonds is 7. The second-order valence-corrected chi connectivity index (χ2v) is 7.03. The van der Waals surface area contributed by atoms with E-state index >= 15 is 0 Å². The second kappa shape index (κ2) is 7.21. The first-order valence-electron chi connectivity index (χ1n) is 6.64. The third-order valence-corrected chi connectivity index (χ3v) is 5.37. The van der Waals surface area contributed by atoms with Crippen molar-refractivity contribution in [1.29, 1.82) is 0 Å². The van der Waals surface area contributed by atoms with Crippen molar-refractivity contribution in [3.8, 4) is 0 Å². The number of ether oxygens (including phenoxy) is 1. The van der Waals surface area contributed by atoms with Crippen molar-refractivity contribution < 1.29 is 17.9 Å². The highest BCUT2D eigenvalue weighted by molar-refractivity contribution is 7.87. The second-order valence-electron chi connectivity index (χ2n) is 5.17. The van der Waals surface area contributed by atoms with E-state index in [0.717, 1.165) is 10.7 Å². The molecule has 0 radical (unpaired) electrons. The Kier molecular flexibility index (Phi) is 6.22. The number of hydrogen-bond donors (Lipinski definition) is 1. The van der Waals surface area contributed by atoms with Gasteiger partial charge < -0.3 is 4.74 Å². The predicted octanol–water partition coefficient (Wildman–Crippen LogP) is 0.752. The number of nitrogens with zero attached hydrogens (tertiary/aromatic N) is 1. The van der Waals surface area contributed by atoms with Crippen molar-refractivity contribution >= 4 is 16.2 Å². The van der Waals surface area contributed by atoms with Crippen molar-refractivity contribution in [2.75, 3.05) is 27.2 Å². The van der Waals surface area contributed by atoms with E-state index in [0.29, 0.717) is 18.4 Å². The van der Waals surface area contributed by atoms with Gasteiger partial charge in [-0.05, 0) is 18.3 Å². The maximum absolute atomic E-state index is 12.0. The highest BCUT2D eigenvalue weighted by atomic mass is 32.2. The van der Waals surface area contributed by atoms with E-state index in [1.165, 1.54) is 27.0 Å². The minimum Gasteiger partial charge on any atom is -0.469 e. The predicted molar refractivity (Wildman–Crippen MR) is 72.7 cm³/mol. The third kappa shape index (κ3) is 5.08. The van der Waals surface area contributed by atoms with Crippen LogP contribution in [0.1, 0.15) is 32.6 Å². The standard InChI is InChI=1S/C12H24N2O4S/c1-10-5-4-6-11(10)9-13-19(16,17)14(2)8-7-12(15)18-3/h10-11,13H,4-9H2,1-3H3. The van der Waals surface area contributed by atoms with Crippen molar-refractivity contribution in [2.24, 2.45) is 11.8 Å². The molecule has 0 aromatic carbocycles. The van der Waals surface area contributed by atoms with Crippen LogP contribution in [0.5, 0.6) is 0 Å². The summed E-state index contributed by atoms with van der Waals surface area (Å²) in [5, 5.41) is 0. The summed E-state index contributed by atoms with van der Waals surface area (Å²) in [4.78, 5) is 11.0. The first kappa shape index (κ1) is 16.4. The van der Waals surface area contributed by atoms with Crippen LogP contribution in [-0.2, 0) is 19.7 Å². The van der Waals surface area contributed by atoms with Gasteiger partial charge in [0.15, 0.2) is 0 Å². The smallest absolute Gasteiger partial charge is 0.306 e. The highest BCUT2D eigenvalue weighted by Gasteiger charge is 2.26. The largest absolute Gasteiger partial charge is 0.469 e. The molecular weight excluding hydrogens is 268 g/mol. The average molecular weight is 292 g/mol. The number of esters is 1. The molecule has 1 rings (SSSR count). The van der Waals surface area contributed by atoms with Crippen LogP contribution in [0.2, 0.25) is 0 Å². The monoisotopic (exact) mass is 292 g/mol. The van der Waals surface area contributed by atoms with Gasteiger partial charge in [-0.15, -0.1) is 0 Å². The fourth-order valence-corrected chi connectivity index (χ4v) is 3.30. The number of methoxy groups -OCH3 is 1. The fourth-order valence-electron chi connectivity index (χ4n) is 2.32. The lowest BCUT2D eigenvalue weighted by atomic mass is 9.99. The Hall–Kier alpha value is -0.660. The van der Waals surface area contributed by atoms with Gasteiger partial charge >= 0.3 is 5.97 Å². The molecule has 0 amide bonds. The topological polar surface area (TPSA) is 75.7 Å². The van der Waals surface area contributed by atoms with E-state index in [-0.39, 0.29) is 13.0 Å². The molecule has 1 fully saturated rings. The van der Waals surface area contributed by atoms with E-state index in [2.05, 4.69) is 16.4 Å². The van der Waals surface area contributed by atoms with E-state index in [1.54, 1.807) is 0 Å². The minimum atomic E-state index is -3.50. The molecule has 0 heterocycles. The van der Waals surface area contributed by atoms with E-state index in [1.807, 2.05) is 0 Å². The zero-order chi connectivity index (χ0) is 14.5. The lowest BCUT2D eigenvalue weighted by Crippen LogP contribution is -2.41. The fraction of sp³-hybridized carbons (Fsp3) is 0.917. The van der Waals surface area contributed by atoms with Gasteiger partial charge in [-0.1, -0.05) is 19.8 Å². The molecule has 1 aliphatic carbocycles. The normalized spacial score (nSPS) is 23.8. The summed E-state index contributed by atoms with van der Waals surface area (Å²) in [5.41, 5.74) is 0. The summed E-state index contributed by atoms with van der Waals surface area (Å²) in [6.45, 7) is 2.77. The summed E-state index contributed by atoms with van der Waals surface area (Å²) in [7, 11) is -0.750. The Morgan fingerprint density at radius 3 is 2.63 bits per heavy atom. The first-order chi connectivity index (χ1) is 8.86. The molecule has 0 aliphatic heterocycles. The molecule has 1 saturated carbocycles. The average Bonchev–Trinajstić information content (AvgIpc) is 2.78. The lowest BCUT2D eigenvalue weighted by molar-refractivity contribution is -0.140. The molecule has 2 unspecified atom stereocenters. The molecule has 6 nitrogen and oxygen atoms in total. The number of nitrogens with one attached hydrogen (secondary N) is 1. The Balaban J connectivity index is 2.39.